The summed E-state index contributed by atoms with van der Waals surface area (Å²) in [6, 6.07) is 7.08. The van der Waals surface area contributed by atoms with Crippen LogP contribution in [0.1, 0.15) is 20.8 Å². The molecule has 2 aromatic heterocycles. The summed E-state index contributed by atoms with van der Waals surface area (Å²) in [6.07, 6.45) is 0.835. The zero-order valence-corrected chi connectivity index (χ0v) is 22.4. The molecule has 1 aliphatic heterocycles. The van der Waals surface area contributed by atoms with Gasteiger partial charge in [0.15, 0.2) is 22.1 Å². The Balaban J connectivity index is 1.59. The number of para-hydroxylation sites is 1. The number of carbonyl (C=O) groups is 1. The van der Waals surface area contributed by atoms with Crippen molar-refractivity contribution in [1.29, 1.82) is 0 Å². The van der Waals surface area contributed by atoms with E-state index in [4.69, 9.17) is 36.5 Å². The van der Waals surface area contributed by atoms with Gasteiger partial charge in [0.25, 0.3) is 0 Å². The first-order chi connectivity index (χ1) is 17.9. The second-order valence-electron chi connectivity index (χ2n) is 8.63. The molecule has 0 bridgehead atoms. The van der Waals surface area contributed by atoms with Gasteiger partial charge in [0.2, 0.25) is 5.72 Å². The molecular formula is C22H27N6O8PS. The summed E-state index contributed by atoms with van der Waals surface area (Å²) in [7, 11) is -4.25. The number of esters is 1. The smallest absolute Gasteiger partial charge is 0.459 e. The molecule has 38 heavy (non-hydrogen) atoms. The van der Waals surface area contributed by atoms with Crippen molar-refractivity contribution in [1.82, 2.24) is 24.6 Å². The minimum Gasteiger partial charge on any atom is -0.505 e. The van der Waals surface area contributed by atoms with Gasteiger partial charge in [-0.05, 0) is 32.9 Å². The van der Waals surface area contributed by atoms with Gasteiger partial charge in [-0.1, -0.05) is 30.4 Å². The minimum atomic E-state index is -4.25. The van der Waals surface area contributed by atoms with E-state index in [1.807, 2.05) is 0 Å². The van der Waals surface area contributed by atoms with Crippen LogP contribution in [0.4, 0.5) is 5.95 Å². The Morgan fingerprint density at radius 1 is 1.37 bits per heavy atom. The number of rotatable bonds is 10. The first kappa shape index (κ1) is 27.5. The van der Waals surface area contributed by atoms with E-state index in [1.54, 1.807) is 44.2 Å². The second-order valence-corrected chi connectivity index (χ2v) is 10.7. The third-order valence-corrected chi connectivity index (χ3v) is 7.23. The number of aromatic amines is 1. The molecule has 1 aromatic carbocycles. The van der Waals surface area contributed by atoms with Crippen molar-refractivity contribution in [2.75, 3.05) is 18.9 Å². The summed E-state index contributed by atoms with van der Waals surface area (Å²) >= 11 is 5.15. The number of carbonyl (C=O) groups excluding carboxylic acids is 1. The first-order valence-corrected chi connectivity index (χ1v) is 13.4. The minimum absolute atomic E-state index is 0.0195. The largest absolute Gasteiger partial charge is 0.505 e. The maximum absolute atomic E-state index is 13.6. The Kier molecular flexibility index (Phi) is 7.76. The monoisotopic (exact) mass is 566 g/mol. The molecule has 6 N–H and O–H groups in total. The molecule has 0 aliphatic carbocycles. The third-order valence-electron chi connectivity index (χ3n) is 5.32. The number of H-pyrrole nitrogens is 1. The molecule has 0 saturated carbocycles. The van der Waals surface area contributed by atoms with E-state index in [-0.39, 0.29) is 33.3 Å². The number of aliphatic hydroxyl groups excluding tert-OH is 1. The highest BCUT2D eigenvalue weighted by atomic mass is 32.1. The van der Waals surface area contributed by atoms with Crippen molar-refractivity contribution in [2.45, 2.75) is 38.6 Å². The average Bonchev–Trinajstić information content (AvgIpc) is 3.40. The molecule has 4 rings (SSSR count). The van der Waals surface area contributed by atoms with Crippen molar-refractivity contribution >= 4 is 43.0 Å². The predicted octanol–water partition coefficient (Wildman–Crippen LogP) is 2.65. The van der Waals surface area contributed by atoms with Crippen LogP contribution in [0.5, 0.6) is 5.75 Å². The Morgan fingerprint density at radius 2 is 2.08 bits per heavy atom. The van der Waals surface area contributed by atoms with Gasteiger partial charge in [0.1, 0.15) is 36.2 Å². The SMILES string of the molecule is CC(C)OC(=O)C(C)NP(=O)(OCC1=C(O)C(O)(n2cnc3c(=S)nc(N)[nH]c32)CO1)Oc1ccccc1. The number of fused-ring (bicyclic) bond motifs is 1. The maximum atomic E-state index is 13.6. The van der Waals surface area contributed by atoms with Crippen LogP contribution in [0.2, 0.25) is 0 Å². The Morgan fingerprint density at radius 3 is 2.76 bits per heavy atom. The zero-order valence-electron chi connectivity index (χ0n) is 20.7. The number of nitrogens with two attached hydrogens (primary N) is 1. The van der Waals surface area contributed by atoms with Crippen LogP contribution < -0.4 is 15.3 Å². The number of aliphatic hydroxyl groups is 2. The average molecular weight is 567 g/mol. The fourth-order valence-corrected chi connectivity index (χ4v) is 5.23. The van der Waals surface area contributed by atoms with Crippen molar-refractivity contribution in [2.24, 2.45) is 0 Å². The number of nitrogens with zero attached hydrogens (tertiary/aromatic N) is 3. The highest BCUT2D eigenvalue weighted by molar-refractivity contribution is 7.71. The van der Waals surface area contributed by atoms with Gasteiger partial charge in [-0.3, -0.25) is 13.9 Å². The standard InChI is InChI=1S/C22H27N6O8PS/c1-12(2)35-20(30)13(3)27-37(32,36-14-7-5-4-6-8-14)34-9-15-17(29)22(31,10-33-15)28-11-24-16-18(28)25-21(23)26-19(16)38/h4-8,11-13,29,31H,9-10H2,1-3H3,(H,27,32)(H3,23,25,26,38). The molecule has 3 heterocycles. The van der Waals surface area contributed by atoms with Gasteiger partial charge in [0, 0.05) is 0 Å². The predicted molar refractivity (Wildman–Crippen MR) is 137 cm³/mol. The van der Waals surface area contributed by atoms with Crippen molar-refractivity contribution in [3.63, 3.8) is 0 Å². The number of nitrogen functional groups attached to an aromatic ring is 1. The van der Waals surface area contributed by atoms with Gasteiger partial charge in [-0.25, -0.2) is 14.5 Å². The Bertz CT molecular complexity index is 1480. The third kappa shape index (κ3) is 5.66. The maximum Gasteiger partial charge on any atom is 0.459 e. The highest BCUT2D eigenvalue weighted by Crippen LogP contribution is 2.46. The summed E-state index contributed by atoms with van der Waals surface area (Å²) in [4.78, 5) is 23.1. The van der Waals surface area contributed by atoms with Crippen molar-refractivity contribution < 1.29 is 38.1 Å². The van der Waals surface area contributed by atoms with E-state index in [0.717, 1.165) is 0 Å². The molecule has 14 nitrogen and oxygen atoms in total. The van der Waals surface area contributed by atoms with Crippen molar-refractivity contribution in [3.05, 3.63) is 52.8 Å². The fourth-order valence-electron chi connectivity index (χ4n) is 3.54. The van der Waals surface area contributed by atoms with Crippen LogP contribution in [0.25, 0.3) is 11.2 Å². The number of aromatic nitrogens is 4. The number of nitrogens with one attached hydrogen (secondary N) is 2. The van der Waals surface area contributed by atoms with Gasteiger partial charge in [0.05, 0.1) is 12.4 Å². The van der Waals surface area contributed by atoms with E-state index in [2.05, 4.69) is 20.0 Å². The molecule has 3 unspecified atom stereocenters. The van der Waals surface area contributed by atoms with Gasteiger partial charge < -0.3 is 34.9 Å². The van der Waals surface area contributed by atoms with Gasteiger partial charge in [-0.2, -0.15) is 5.09 Å². The number of imidazole rings is 1. The molecule has 0 amide bonds. The van der Waals surface area contributed by atoms with E-state index in [0.29, 0.717) is 0 Å². The van der Waals surface area contributed by atoms with Crippen LogP contribution in [0.3, 0.4) is 0 Å². The molecule has 204 valence electrons. The van der Waals surface area contributed by atoms with E-state index in [1.165, 1.54) is 17.8 Å². The molecule has 0 fully saturated rings. The molecule has 0 saturated heterocycles. The molecule has 1 aliphatic rings. The lowest BCUT2D eigenvalue weighted by Gasteiger charge is -2.23. The summed E-state index contributed by atoms with van der Waals surface area (Å²) in [5, 5.41) is 24.7. The number of benzene rings is 1. The van der Waals surface area contributed by atoms with Crippen LogP contribution in [0.15, 0.2) is 48.2 Å². The Hall–Kier alpha value is -3.49. The first-order valence-electron chi connectivity index (χ1n) is 11.4. The fraction of sp³-hybridized carbons (Fsp3) is 0.364. The molecule has 0 spiro atoms. The highest BCUT2D eigenvalue weighted by Gasteiger charge is 2.46. The second kappa shape index (κ2) is 10.7. The van der Waals surface area contributed by atoms with Crippen LogP contribution >= 0.6 is 20.0 Å². The molecule has 0 radical (unpaired) electrons. The van der Waals surface area contributed by atoms with E-state index in [9.17, 15) is 19.6 Å². The molecular weight excluding hydrogens is 539 g/mol. The zero-order chi connectivity index (χ0) is 27.7. The summed E-state index contributed by atoms with van der Waals surface area (Å²) in [5.41, 5.74) is 4.05. The van der Waals surface area contributed by atoms with E-state index < -0.39 is 50.6 Å². The number of hydrogen-bond acceptors (Lipinski definition) is 12. The van der Waals surface area contributed by atoms with Crippen LogP contribution in [-0.4, -0.2) is 61.1 Å². The molecule has 3 aromatic rings. The summed E-state index contributed by atoms with van der Waals surface area (Å²) < 4.78 is 36.7. The summed E-state index contributed by atoms with van der Waals surface area (Å²) in [5.74, 6) is -1.36. The van der Waals surface area contributed by atoms with E-state index >= 15 is 0 Å². The van der Waals surface area contributed by atoms with Gasteiger partial charge in [-0.15, -0.1) is 0 Å². The lowest BCUT2D eigenvalue weighted by Crippen LogP contribution is -2.36. The number of ether oxygens (including phenoxy) is 2. The normalized spacial score (nSPS) is 19.8. The number of hydrogen-bond donors (Lipinski definition) is 5. The number of anilines is 1. The van der Waals surface area contributed by atoms with Crippen molar-refractivity contribution in [3.8, 4) is 5.75 Å². The summed E-state index contributed by atoms with van der Waals surface area (Å²) in [6.45, 7) is 3.75. The lowest BCUT2D eigenvalue weighted by molar-refractivity contribution is -0.149. The molecule has 16 heteroatoms. The van der Waals surface area contributed by atoms with Crippen LogP contribution in [-0.2, 0) is 29.1 Å². The quantitative estimate of drug-likeness (QED) is 0.137. The topological polar surface area (TPSA) is 196 Å². The molecule has 3 atom stereocenters. The lowest BCUT2D eigenvalue weighted by atomic mass is 10.2. The Labute approximate surface area is 222 Å². The van der Waals surface area contributed by atoms with Crippen LogP contribution in [0, 0.1) is 4.64 Å². The van der Waals surface area contributed by atoms with Gasteiger partial charge >= 0.3 is 13.7 Å².